The van der Waals surface area contributed by atoms with E-state index in [9.17, 15) is 4.79 Å². The third kappa shape index (κ3) is 2.31. The van der Waals surface area contributed by atoms with Crippen LogP contribution >= 0.6 is 0 Å². The van der Waals surface area contributed by atoms with Crippen LogP contribution in [0.4, 0.5) is 0 Å². The molecule has 116 valence electrons. The third-order valence-electron chi connectivity index (χ3n) is 5.64. The summed E-state index contributed by atoms with van der Waals surface area (Å²) in [5.74, 6) is 2.34. The van der Waals surface area contributed by atoms with Crippen molar-refractivity contribution in [3.63, 3.8) is 0 Å². The molecule has 2 fully saturated rings. The quantitative estimate of drug-likeness (QED) is 0.945. The van der Waals surface area contributed by atoms with Gasteiger partial charge in [0, 0.05) is 18.4 Å². The van der Waals surface area contributed by atoms with Crippen LogP contribution in [0.15, 0.2) is 24.5 Å². The maximum atomic E-state index is 12.5. The summed E-state index contributed by atoms with van der Waals surface area (Å²) in [6.45, 7) is 4.19. The highest BCUT2D eigenvalue weighted by atomic mass is 16.2. The normalized spacial score (nSPS) is 28.2. The summed E-state index contributed by atoms with van der Waals surface area (Å²) in [6.07, 6.45) is 9.18. The predicted molar refractivity (Wildman–Crippen MR) is 85.8 cm³/mol. The lowest BCUT2D eigenvalue weighted by Crippen LogP contribution is -2.40. The largest absolute Gasteiger partial charge is 0.348 e. The molecule has 1 N–H and O–H groups in total. The summed E-state index contributed by atoms with van der Waals surface area (Å²) in [6, 6.07) is 4.26. The van der Waals surface area contributed by atoms with Gasteiger partial charge in [0.15, 0.2) is 0 Å². The fourth-order valence-corrected chi connectivity index (χ4v) is 4.49. The zero-order valence-electron chi connectivity index (χ0n) is 13.2. The Morgan fingerprint density at radius 1 is 1.41 bits per heavy atom. The van der Waals surface area contributed by atoms with Gasteiger partial charge in [-0.2, -0.15) is 0 Å². The number of carbonyl (C=O) groups excluding carboxylic acids is 1. The Morgan fingerprint density at radius 3 is 3.00 bits per heavy atom. The van der Waals surface area contributed by atoms with Crippen LogP contribution in [0.5, 0.6) is 0 Å². The maximum absolute atomic E-state index is 12.5. The number of amides is 1. The molecule has 0 aliphatic heterocycles. The van der Waals surface area contributed by atoms with Gasteiger partial charge in [-0.1, -0.05) is 6.42 Å². The van der Waals surface area contributed by atoms with Crippen LogP contribution in [-0.2, 0) is 0 Å². The molecule has 0 unspecified atom stereocenters. The summed E-state index contributed by atoms with van der Waals surface area (Å²) in [7, 11) is 0. The molecular formula is C18H23N3O. The Bertz CT molecular complexity index is 720. The van der Waals surface area contributed by atoms with Crippen LogP contribution in [0.2, 0.25) is 0 Å². The fourth-order valence-electron chi connectivity index (χ4n) is 4.49. The van der Waals surface area contributed by atoms with E-state index in [4.69, 9.17) is 0 Å². The van der Waals surface area contributed by atoms with Crippen LogP contribution in [0.25, 0.3) is 5.65 Å². The number of imidazole rings is 1. The van der Waals surface area contributed by atoms with Gasteiger partial charge in [0.2, 0.25) is 0 Å². The second-order valence-corrected chi connectivity index (χ2v) is 7.20. The lowest BCUT2D eigenvalue weighted by atomic mass is 9.84. The zero-order valence-corrected chi connectivity index (χ0v) is 13.2. The number of aryl methyl sites for hydroxylation is 1. The first-order chi connectivity index (χ1) is 10.6. The molecule has 2 bridgehead atoms. The van der Waals surface area contributed by atoms with Crippen molar-refractivity contribution in [2.24, 2.45) is 17.8 Å². The summed E-state index contributed by atoms with van der Waals surface area (Å²) >= 11 is 0. The van der Waals surface area contributed by atoms with E-state index >= 15 is 0 Å². The summed E-state index contributed by atoms with van der Waals surface area (Å²) < 4.78 is 1.91. The van der Waals surface area contributed by atoms with Gasteiger partial charge < -0.3 is 9.72 Å². The first kappa shape index (κ1) is 13.8. The molecule has 2 saturated carbocycles. The van der Waals surface area contributed by atoms with E-state index in [1.54, 1.807) is 0 Å². The number of hydrogen-bond acceptors (Lipinski definition) is 2. The molecule has 4 nitrogen and oxygen atoms in total. The number of carbonyl (C=O) groups is 1. The number of nitrogens with zero attached hydrogens (tertiary/aromatic N) is 2. The van der Waals surface area contributed by atoms with Gasteiger partial charge in [-0.15, -0.1) is 0 Å². The smallest absolute Gasteiger partial charge is 0.271 e. The number of aromatic nitrogens is 2. The number of pyridine rings is 1. The van der Waals surface area contributed by atoms with Crippen molar-refractivity contribution >= 4 is 11.6 Å². The van der Waals surface area contributed by atoms with Crippen molar-refractivity contribution in [2.75, 3.05) is 0 Å². The SMILES string of the molecule is Cc1ccn2cc(C(=O)N[C@H](C)[C@@H]3C[C@H]4CC[C@H]3C4)nc2c1. The van der Waals surface area contributed by atoms with Crippen molar-refractivity contribution in [3.05, 3.63) is 35.8 Å². The zero-order chi connectivity index (χ0) is 15.3. The monoisotopic (exact) mass is 297 g/mol. The van der Waals surface area contributed by atoms with E-state index in [2.05, 4.69) is 17.2 Å². The van der Waals surface area contributed by atoms with E-state index < -0.39 is 0 Å². The lowest BCUT2D eigenvalue weighted by molar-refractivity contribution is 0.0911. The van der Waals surface area contributed by atoms with Crippen LogP contribution in [-0.4, -0.2) is 21.3 Å². The van der Waals surface area contributed by atoms with Gasteiger partial charge in [-0.25, -0.2) is 4.98 Å². The molecule has 0 saturated heterocycles. The van der Waals surface area contributed by atoms with Crippen molar-refractivity contribution in [2.45, 2.75) is 45.6 Å². The van der Waals surface area contributed by atoms with Gasteiger partial charge in [0.1, 0.15) is 11.3 Å². The number of nitrogens with one attached hydrogen (secondary N) is 1. The highest BCUT2D eigenvalue weighted by molar-refractivity contribution is 5.93. The number of fused-ring (bicyclic) bond motifs is 3. The first-order valence-corrected chi connectivity index (χ1v) is 8.36. The number of hydrogen-bond donors (Lipinski definition) is 1. The highest BCUT2D eigenvalue weighted by Gasteiger charge is 2.42. The van der Waals surface area contributed by atoms with Crippen molar-refractivity contribution in [1.29, 1.82) is 0 Å². The van der Waals surface area contributed by atoms with E-state index in [1.165, 1.54) is 25.7 Å². The van der Waals surface area contributed by atoms with Gasteiger partial charge in [0.05, 0.1) is 0 Å². The Labute approximate surface area is 130 Å². The fraction of sp³-hybridized carbons (Fsp3) is 0.556. The Kier molecular flexibility index (Phi) is 3.21. The Hall–Kier alpha value is -1.84. The summed E-state index contributed by atoms with van der Waals surface area (Å²) in [4.78, 5) is 16.9. The molecule has 1 amide bonds. The van der Waals surface area contributed by atoms with Gasteiger partial charge >= 0.3 is 0 Å². The van der Waals surface area contributed by atoms with Gasteiger partial charge in [-0.05, 0) is 68.6 Å². The summed E-state index contributed by atoms with van der Waals surface area (Å²) in [5.41, 5.74) is 2.50. The second kappa shape index (κ2) is 5.11. The first-order valence-electron chi connectivity index (χ1n) is 8.36. The molecule has 2 aromatic heterocycles. The Morgan fingerprint density at radius 2 is 2.27 bits per heavy atom. The molecule has 2 aliphatic carbocycles. The number of rotatable bonds is 3. The van der Waals surface area contributed by atoms with Crippen molar-refractivity contribution < 1.29 is 4.79 Å². The molecule has 2 aromatic rings. The van der Waals surface area contributed by atoms with E-state index in [1.807, 2.05) is 35.9 Å². The van der Waals surface area contributed by atoms with Crippen LogP contribution in [0.3, 0.4) is 0 Å². The molecule has 4 atom stereocenters. The standard InChI is InChI=1S/C18H23N3O/c1-11-5-6-21-10-16(20-17(21)7-11)18(22)19-12(2)15-9-13-3-4-14(15)8-13/h5-7,10,12-15H,3-4,8-9H2,1-2H3,(H,19,22)/t12-,13+,14+,15+/m1/s1. The predicted octanol–water partition coefficient (Wildman–Crippen LogP) is 3.20. The molecule has 0 spiro atoms. The lowest BCUT2D eigenvalue weighted by Gasteiger charge is -2.28. The molecule has 2 heterocycles. The minimum absolute atomic E-state index is 0.0448. The van der Waals surface area contributed by atoms with Gasteiger partial charge in [-0.3, -0.25) is 4.79 Å². The van der Waals surface area contributed by atoms with Crippen LogP contribution < -0.4 is 5.32 Å². The average molecular weight is 297 g/mol. The molecule has 4 heteroatoms. The third-order valence-corrected chi connectivity index (χ3v) is 5.64. The minimum atomic E-state index is -0.0448. The molecule has 0 aromatic carbocycles. The van der Waals surface area contributed by atoms with E-state index in [0.717, 1.165) is 23.0 Å². The van der Waals surface area contributed by atoms with Crippen LogP contribution in [0, 0.1) is 24.7 Å². The van der Waals surface area contributed by atoms with Gasteiger partial charge in [0.25, 0.3) is 5.91 Å². The van der Waals surface area contributed by atoms with Crippen molar-refractivity contribution in [1.82, 2.24) is 14.7 Å². The Balaban J connectivity index is 1.48. The average Bonchev–Trinajstić information content (AvgIpc) is 3.20. The summed E-state index contributed by atoms with van der Waals surface area (Å²) in [5, 5.41) is 3.18. The molecule has 2 aliphatic rings. The molecular weight excluding hydrogens is 274 g/mol. The highest BCUT2D eigenvalue weighted by Crippen LogP contribution is 2.49. The maximum Gasteiger partial charge on any atom is 0.271 e. The molecule has 22 heavy (non-hydrogen) atoms. The second-order valence-electron chi connectivity index (χ2n) is 7.20. The molecule has 4 rings (SSSR count). The van der Waals surface area contributed by atoms with E-state index in [-0.39, 0.29) is 11.9 Å². The topological polar surface area (TPSA) is 46.4 Å². The van der Waals surface area contributed by atoms with Crippen LogP contribution in [0.1, 0.15) is 48.7 Å². The molecule has 0 radical (unpaired) electrons. The van der Waals surface area contributed by atoms with E-state index in [0.29, 0.717) is 11.6 Å². The minimum Gasteiger partial charge on any atom is -0.348 e. The van der Waals surface area contributed by atoms with Crippen molar-refractivity contribution in [3.8, 4) is 0 Å².